The number of hydrogen-bond acceptors (Lipinski definition) is 4. The molecule has 0 radical (unpaired) electrons. The number of nitrogens with zero attached hydrogens (tertiary/aromatic N) is 4. The maximum Gasteiger partial charge on any atom is 0.191 e. The second kappa shape index (κ2) is 8.88. The summed E-state index contributed by atoms with van der Waals surface area (Å²) in [6.45, 7) is 1.31. The van der Waals surface area contributed by atoms with Gasteiger partial charge in [-0.05, 0) is 43.2 Å². The molecule has 2 aliphatic carbocycles. The van der Waals surface area contributed by atoms with E-state index in [1.807, 2.05) is 19.2 Å². The van der Waals surface area contributed by atoms with Gasteiger partial charge in [0.1, 0.15) is 24.5 Å². The fraction of sp³-hybridized carbons (Fsp3) is 0.611. The van der Waals surface area contributed by atoms with Gasteiger partial charge in [-0.15, -0.1) is 24.0 Å². The van der Waals surface area contributed by atoms with Gasteiger partial charge in [0.15, 0.2) is 5.96 Å². The first kappa shape index (κ1) is 19.2. The fourth-order valence-corrected chi connectivity index (χ4v) is 4.12. The van der Waals surface area contributed by atoms with E-state index < -0.39 is 0 Å². The van der Waals surface area contributed by atoms with E-state index in [0.717, 1.165) is 42.3 Å². The molecule has 0 aromatic carbocycles. The fourth-order valence-electron chi connectivity index (χ4n) is 4.12. The van der Waals surface area contributed by atoms with Crippen molar-refractivity contribution in [2.45, 2.75) is 44.7 Å². The first-order chi connectivity index (χ1) is 12.3. The normalized spacial score (nSPS) is 24.5. The van der Waals surface area contributed by atoms with Crippen molar-refractivity contribution in [3.05, 3.63) is 36.3 Å². The molecule has 2 aromatic heterocycles. The van der Waals surface area contributed by atoms with E-state index in [4.69, 9.17) is 9.41 Å². The molecule has 2 aromatic rings. The molecule has 4 rings (SSSR count). The zero-order valence-electron chi connectivity index (χ0n) is 15.1. The lowest BCUT2D eigenvalue weighted by Gasteiger charge is -2.25. The molecule has 142 valence electrons. The predicted octanol–water partition coefficient (Wildman–Crippen LogP) is 2.49. The predicted molar refractivity (Wildman–Crippen MR) is 110 cm³/mol. The molecule has 2 N–H and O–H groups in total. The molecule has 2 saturated carbocycles. The van der Waals surface area contributed by atoms with Crippen LogP contribution in [0.4, 0.5) is 0 Å². The van der Waals surface area contributed by atoms with E-state index >= 15 is 0 Å². The summed E-state index contributed by atoms with van der Waals surface area (Å²) in [7, 11) is 1.89. The van der Waals surface area contributed by atoms with Gasteiger partial charge in [0, 0.05) is 26.1 Å². The Labute approximate surface area is 171 Å². The highest BCUT2D eigenvalue weighted by Gasteiger charge is 2.39. The molecule has 7 nitrogen and oxygen atoms in total. The molecule has 2 heterocycles. The van der Waals surface area contributed by atoms with Crippen LogP contribution in [-0.2, 0) is 20.0 Å². The number of hydrogen-bond donors (Lipinski definition) is 2. The largest absolute Gasteiger partial charge is 0.469 e. The Morgan fingerprint density at radius 1 is 1.38 bits per heavy atom. The first-order valence-corrected chi connectivity index (χ1v) is 9.18. The number of aromatic nitrogens is 3. The number of fused-ring (bicyclic) bond motifs is 2. The summed E-state index contributed by atoms with van der Waals surface area (Å²) in [6.07, 6.45) is 9.53. The summed E-state index contributed by atoms with van der Waals surface area (Å²) < 4.78 is 7.17. The summed E-state index contributed by atoms with van der Waals surface area (Å²) >= 11 is 0. The minimum Gasteiger partial charge on any atom is -0.469 e. The maximum atomic E-state index is 5.40. The average Bonchev–Trinajstić information content (AvgIpc) is 3.38. The van der Waals surface area contributed by atoms with Crippen LogP contribution in [0.3, 0.4) is 0 Å². The Balaban J connectivity index is 0.00000196. The molecule has 0 spiro atoms. The summed E-state index contributed by atoms with van der Waals surface area (Å²) in [6, 6.07) is 4.47. The highest BCUT2D eigenvalue weighted by Crippen LogP contribution is 2.44. The van der Waals surface area contributed by atoms with Crippen molar-refractivity contribution in [1.82, 2.24) is 25.4 Å². The van der Waals surface area contributed by atoms with Crippen LogP contribution in [0, 0.1) is 11.8 Å². The zero-order valence-corrected chi connectivity index (χ0v) is 17.4. The van der Waals surface area contributed by atoms with E-state index in [-0.39, 0.29) is 24.0 Å². The number of aryl methyl sites for hydroxylation is 1. The van der Waals surface area contributed by atoms with Crippen molar-refractivity contribution >= 4 is 29.9 Å². The number of rotatable bonds is 6. The van der Waals surface area contributed by atoms with Gasteiger partial charge in [0.05, 0.1) is 6.26 Å². The molecule has 2 bridgehead atoms. The monoisotopic (exact) mass is 470 g/mol. The molecule has 26 heavy (non-hydrogen) atoms. The lowest BCUT2D eigenvalue weighted by molar-refractivity contribution is 0.387. The second-order valence-electron chi connectivity index (χ2n) is 7.15. The molecule has 0 amide bonds. The molecular formula is C18H27IN6O. The molecule has 8 heteroatoms. The summed E-state index contributed by atoms with van der Waals surface area (Å²) in [4.78, 5) is 8.99. The molecule has 0 aliphatic heterocycles. The Hall–Kier alpha value is -1.58. The van der Waals surface area contributed by atoms with Gasteiger partial charge in [-0.2, -0.15) is 5.10 Å². The van der Waals surface area contributed by atoms with Gasteiger partial charge < -0.3 is 15.1 Å². The van der Waals surface area contributed by atoms with Gasteiger partial charge in [0.25, 0.3) is 0 Å². The quantitative estimate of drug-likeness (QED) is 0.385. The third-order valence-electron chi connectivity index (χ3n) is 5.49. The van der Waals surface area contributed by atoms with E-state index in [2.05, 4.69) is 20.7 Å². The van der Waals surface area contributed by atoms with Crippen LogP contribution in [0.5, 0.6) is 0 Å². The first-order valence-electron chi connectivity index (χ1n) is 9.18. The van der Waals surface area contributed by atoms with Crippen LogP contribution in [0.2, 0.25) is 0 Å². The summed E-state index contributed by atoms with van der Waals surface area (Å²) in [5, 5.41) is 11.2. The minimum absolute atomic E-state index is 0. The summed E-state index contributed by atoms with van der Waals surface area (Å²) in [5.74, 6) is 4.43. The maximum absolute atomic E-state index is 5.40. The van der Waals surface area contributed by atoms with Crippen LogP contribution < -0.4 is 10.6 Å². The molecule has 2 aliphatic rings. The molecule has 3 atom stereocenters. The molecular weight excluding hydrogens is 443 g/mol. The Morgan fingerprint density at radius 3 is 2.96 bits per heavy atom. The van der Waals surface area contributed by atoms with Gasteiger partial charge in [0.2, 0.25) is 0 Å². The highest BCUT2D eigenvalue weighted by molar-refractivity contribution is 14.0. The minimum atomic E-state index is 0. The van der Waals surface area contributed by atoms with Crippen LogP contribution in [0.25, 0.3) is 0 Å². The van der Waals surface area contributed by atoms with Crippen LogP contribution in [0.1, 0.15) is 37.3 Å². The lowest BCUT2D eigenvalue weighted by Crippen LogP contribution is -2.46. The van der Waals surface area contributed by atoms with Crippen molar-refractivity contribution in [3.63, 3.8) is 0 Å². The van der Waals surface area contributed by atoms with Crippen molar-refractivity contribution in [2.75, 3.05) is 6.54 Å². The Kier molecular flexibility index (Phi) is 6.55. The number of guanidine groups is 1. The van der Waals surface area contributed by atoms with Crippen LogP contribution in [0.15, 0.2) is 34.1 Å². The van der Waals surface area contributed by atoms with Crippen LogP contribution >= 0.6 is 24.0 Å². The third-order valence-corrected chi connectivity index (χ3v) is 5.49. The lowest BCUT2D eigenvalue weighted by atomic mass is 9.95. The van der Waals surface area contributed by atoms with Gasteiger partial charge in [-0.1, -0.05) is 6.42 Å². The second-order valence-corrected chi connectivity index (χ2v) is 7.15. The number of aliphatic imine (C=N–C) groups is 1. The Morgan fingerprint density at radius 2 is 2.31 bits per heavy atom. The zero-order chi connectivity index (χ0) is 17.1. The Bertz CT molecular complexity index is 713. The summed E-state index contributed by atoms with van der Waals surface area (Å²) in [5.41, 5.74) is 0. The van der Waals surface area contributed by atoms with Crippen molar-refractivity contribution in [3.8, 4) is 0 Å². The smallest absolute Gasteiger partial charge is 0.191 e. The third kappa shape index (κ3) is 4.57. The van der Waals surface area contributed by atoms with E-state index in [1.54, 1.807) is 17.3 Å². The van der Waals surface area contributed by atoms with Crippen molar-refractivity contribution < 1.29 is 4.42 Å². The number of furan rings is 1. The molecule has 2 fully saturated rings. The van der Waals surface area contributed by atoms with Gasteiger partial charge >= 0.3 is 0 Å². The van der Waals surface area contributed by atoms with Crippen LogP contribution in [-0.4, -0.2) is 33.3 Å². The number of nitrogens with one attached hydrogen (secondary N) is 2. The average molecular weight is 470 g/mol. The van der Waals surface area contributed by atoms with Gasteiger partial charge in [-0.25, -0.2) is 9.98 Å². The van der Waals surface area contributed by atoms with E-state index in [9.17, 15) is 0 Å². The van der Waals surface area contributed by atoms with E-state index in [1.165, 1.54) is 25.7 Å². The highest BCUT2D eigenvalue weighted by atomic mass is 127. The topological polar surface area (TPSA) is 80.3 Å². The molecule has 0 saturated heterocycles. The van der Waals surface area contributed by atoms with Crippen molar-refractivity contribution in [1.29, 1.82) is 0 Å². The van der Waals surface area contributed by atoms with Crippen molar-refractivity contribution in [2.24, 2.45) is 23.9 Å². The van der Waals surface area contributed by atoms with E-state index in [0.29, 0.717) is 12.6 Å². The standard InChI is InChI=1S/C18H26N6O.HI/c1-24-17(21-12-22-24)11-20-18(19-7-6-15-3-2-8-25-15)23-16-10-13-4-5-14(16)9-13;/h2-3,8,12-14,16H,4-7,9-11H2,1H3,(H2,19,20,23);1H. The molecule has 3 unspecified atom stereocenters. The van der Waals surface area contributed by atoms with Gasteiger partial charge in [-0.3, -0.25) is 4.68 Å². The SMILES string of the molecule is Cn1ncnc1CN=C(NCCc1ccco1)NC1CC2CCC1C2.I. The number of halogens is 1.